The van der Waals surface area contributed by atoms with Gasteiger partial charge in [0.05, 0.1) is 5.56 Å². The second-order valence-corrected chi connectivity index (χ2v) is 4.71. The molecule has 6 heteroatoms. The number of imidazole rings is 1. The molecule has 2 aromatic carbocycles. The standard InChI is InChI=1S/C16H10F4N2/c17-11-8-12(18)14(19)15(20)13(11)16-21-6-7-22(16)9-10-4-2-1-3-5-10/h1-8H,9H2. The van der Waals surface area contributed by atoms with Crippen LogP contribution < -0.4 is 0 Å². The largest absolute Gasteiger partial charge is 0.326 e. The lowest BCUT2D eigenvalue weighted by Gasteiger charge is -2.10. The third-order valence-corrected chi connectivity index (χ3v) is 3.25. The first-order chi connectivity index (χ1) is 10.6. The van der Waals surface area contributed by atoms with E-state index in [-0.39, 0.29) is 5.82 Å². The van der Waals surface area contributed by atoms with Gasteiger partial charge in [-0.1, -0.05) is 30.3 Å². The number of aromatic nitrogens is 2. The van der Waals surface area contributed by atoms with Gasteiger partial charge in [-0.2, -0.15) is 0 Å². The van der Waals surface area contributed by atoms with Crippen LogP contribution in [0, 0.1) is 23.3 Å². The van der Waals surface area contributed by atoms with Gasteiger partial charge in [-0.25, -0.2) is 22.5 Å². The minimum Gasteiger partial charge on any atom is -0.326 e. The maximum Gasteiger partial charge on any atom is 0.195 e. The van der Waals surface area contributed by atoms with Crippen molar-refractivity contribution in [1.82, 2.24) is 9.55 Å². The van der Waals surface area contributed by atoms with E-state index in [9.17, 15) is 17.6 Å². The predicted molar refractivity (Wildman–Crippen MR) is 73.0 cm³/mol. The molecule has 22 heavy (non-hydrogen) atoms. The van der Waals surface area contributed by atoms with Crippen LogP contribution in [-0.4, -0.2) is 9.55 Å². The summed E-state index contributed by atoms with van der Waals surface area (Å²) in [6.07, 6.45) is 2.86. The van der Waals surface area contributed by atoms with Gasteiger partial charge in [0, 0.05) is 25.0 Å². The van der Waals surface area contributed by atoms with Crippen molar-refractivity contribution in [2.75, 3.05) is 0 Å². The zero-order chi connectivity index (χ0) is 15.7. The molecule has 0 bridgehead atoms. The van der Waals surface area contributed by atoms with E-state index in [2.05, 4.69) is 4.98 Å². The van der Waals surface area contributed by atoms with Gasteiger partial charge in [-0.05, 0) is 5.56 Å². The quantitative estimate of drug-likeness (QED) is 0.404. The summed E-state index contributed by atoms with van der Waals surface area (Å²) >= 11 is 0. The Morgan fingerprint density at radius 2 is 1.64 bits per heavy atom. The highest BCUT2D eigenvalue weighted by Gasteiger charge is 2.23. The fraction of sp³-hybridized carbons (Fsp3) is 0.0625. The van der Waals surface area contributed by atoms with E-state index in [1.807, 2.05) is 30.3 Å². The van der Waals surface area contributed by atoms with Crippen molar-refractivity contribution in [2.24, 2.45) is 0 Å². The van der Waals surface area contributed by atoms with Gasteiger partial charge in [0.25, 0.3) is 0 Å². The van der Waals surface area contributed by atoms with E-state index in [0.717, 1.165) is 5.56 Å². The van der Waals surface area contributed by atoms with Gasteiger partial charge in [0.15, 0.2) is 17.5 Å². The molecule has 0 N–H and O–H groups in total. The molecule has 0 unspecified atom stereocenters. The van der Waals surface area contributed by atoms with Crippen LogP contribution in [0.2, 0.25) is 0 Å². The van der Waals surface area contributed by atoms with Crippen LogP contribution in [0.15, 0.2) is 48.8 Å². The van der Waals surface area contributed by atoms with E-state index in [1.54, 1.807) is 0 Å². The molecule has 0 aliphatic rings. The molecule has 0 aliphatic heterocycles. The molecule has 0 radical (unpaired) electrons. The summed E-state index contributed by atoms with van der Waals surface area (Å²) in [5, 5.41) is 0. The molecule has 0 amide bonds. The summed E-state index contributed by atoms with van der Waals surface area (Å²) in [7, 11) is 0. The second kappa shape index (κ2) is 5.63. The molecule has 2 nitrogen and oxygen atoms in total. The zero-order valence-corrected chi connectivity index (χ0v) is 11.2. The molecule has 0 spiro atoms. The molecule has 3 rings (SSSR count). The third-order valence-electron chi connectivity index (χ3n) is 3.25. The van der Waals surface area contributed by atoms with Crippen LogP contribution >= 0.6 is 0 Å². The normalized spacial score (nSPS) is 10.9. The topological polar surface area (TPSA) is 17.8 Å². The first-order valence-electron chi connectivity index (χ1n) is 6.46. The van der Waals surface area contributed by atoms with E-state index < -0.39 is 28.8 Å². The lowest BCUT2D eigenvalue weighted by atomic mass is 10.1. The van der Waals surface area contributed by atoms with Gasteiger partial charge < -0.3 is 4.57 Å². The number of hydrogen-bond donors (Lipinski definition) is 0. The summed E-state index contributed by atoms with van der Waals surface area (Å²) < 4.78 is 55.6. The van der Waals surface area contributed by atoms with Crippen molar-refractivity contribution in [3.05, 3.63) is 77.6 Å². The van der Waals surface area contributed by atoms with Crippen molar-refractivity contribution < 1.29 is 17.6 Å². The Balaban J connectivity index is 2.08. The maximum atomic E-state index is 13.9. The van der Waals surface area contributed by atoms with E-state index >= 15 is 0 Å². The average Bonchev–Trinajstić information content (AvgIpc) is 2.94. The fourth-order valence-corrected chi connectivity index (χ4v) is 2.22. The van der Waals surface area contributed by atoms with E-state index in [1.165, 1.54) is 17.0 Å². The summed E-state index contributed by atoms with van der Waals surface area (Å²) in [4.78, 5) is 3.87. The van der Waals surface area contributed by atoms with Crippen LogP contribution in [-0.2, 0) is 6.54 Å². The van der Waals surface area contributed by atoms with E-state index in [0.29, 0.717) is 12.6 Å². The maximum absolute atomic E-state index is 13.9. The van der Waals surface area contributed by atoms with Crippen molar-refractivity contribution in [2.45, 2.75) is 6.54 Å². The minimum atomic E-state index is -1.72. The average molecular weight is 306 g/mol. The minimum absolute atomic E-state index is 0.0993. The smallest absolute Gasteiger partial charge is 0.195 e. The summed E-state index contributed by atoms with van der Waals surface area (Å²) in [6, 6.07) is 9.47. The molecule has 112 valence electrons. The Kier molecular flexibility index (Phi) is 3.66. The molecule has 3 aromatic rings. The second-order valence-electron chi connectivity index (χ2n) is 4.71. The summed E-state index contributed by atoms with van der Waals surface area (Å²) in [6.45, 7) is 0.300. The van der Waals surface area contributed by atoms with Crippen LogP contribution in [0.5, 0.6) is 0 Å². The van der Waals surface area contributed by atoms with Crippen LogP contribution in [0.3, 0.4) is 0 Å². The Bertz CT molecular complexity index is 813. The lowest BCUT2D eigenvalue weighted by molar-refractivity contribution is 0.436. The Morgan fingerprint density at radius 1 is 0.909 bits per heavy atom. The molecule has 0 aliphatic carbocycles. The molecule has 0 saturated carbocycles. The van der Waals surface area contributed by atoms with E-state index in [4.69, 9.17) is 0 Å². The molecule has 0 saturated heterocycles. The van der Waals surface area contributed by atoms with Crippen molar-refractivity contribution in [1.29, 1.82) is 0 Å². The highest BCUT2D eigenvalue weighted by molar-refractivity contribution is 5.58. The van der Waals surface area contributed by atoms with Gasteiger partial charge in [0.2, 0.25) is 0 Å². The van der Waals surface area contributed by atoms with Crippen molar-refractivity contribution >= 4 is 0 Å². The summed E-state index contributed by atoms with van der Waals surface area (Å²) in [5.74, 6) is -6.17. The predicted octanol–water partition coefficient (Wildman–Crippen LogP) is 4.15. The monoisotopic (exact) mass is 306 g/mol. The molecule has 0 fully saturated rings. The van der Waals surface area contributed by atoms with Crippen LogP contribution in [0.4, 0.5) is 17.6 Å². The zero-order valence-electron chi connectivity index (χ0n) is 11.2. The number of nitrogens with zero attached hydrogens (tertiary/aromatic N) is 2. The third kappa shape index (κ3) is 2.47. The molecule has 1 aromatic heterocycles. The lowest BCUT2D eigenvalue weighted by Crippen LogP contribution is -2.06. The summed E-state index contributed by atoms with van der Waals surface area (Å²) in [5.41, 5.74) is 0.199. The van der Waals surface area contributed by atoms with Crippen LogP contribution in [0.25, 0.3) is 11.4 Å². The Labute approximate surface area is 123 Å². The molecular weight excluding hydrogens is 296 g/mol. The number of benzene rings is 2. The highest BCUT2D eigenvalue weighted by atomic mass is 19.2. The highest BCUT2D eigenvalue weighted by Crippen LogP contribution is 2.28. The molecule has 1 heterocycles. The molecule has 0 atom stereocenters. The first-order valence-corrected chi connectivity index (χ1v) is 6.46. The van der Waals surface area contributed by atoms with Crippen molar-refractivity contribution in [3.8, 4) is 11.4 Å². The van der Waals surface area contributed by atoms with Gasteiger partial charge in [-0.15, -0.1) is 0 Å². The number of rotatable bonds is 3. The number of halogens is 4. The van der Waals surface area contributed by atoms with Gasteiger partial charge >= 0.3 is 0 Å². The van der Waals surface area contributed by atoms with Crippen molar-refractivity contribution in [3.63, 3.8) is 0 Å². The SMILES string of the molecule is Fc1cc(F)c(-c2nccn2Cc2ccccc2)c(F)c1F. The number of hydrogen-bond acceptors (Lipinski definition) is 1. The Morgan fingerprint density at radius 3 is 2.36 bits per heavy atom. The first kappa shape index (κ1) is 14.3. The van der Waals surface area contributed by atoms with Crippen LogP contribution in [0.1, 0.15) is 5.56 Å². The Hall–Kier alpha value is -2.63. The molecular formula is C16H10F4N2. The van der Waals surface area contributed by atoms with Gasteiger partial charge in [0.1, 0.15) is 11.6 Å². The van der Waals surface area contributed by atoms with Gasteiger partial charge in [-0.3, -0.25) is 0 Å². The fourth-order valence-electron chi connectivity index (χ4n) is 2.22.